The summed E-state index contributed by atoms with van der Waals surface area (Å²) in [5.41, 5.74) is 1.66. The van der Waals surface area contributed by atoms with Crippen molar-refractivity contribution in [2.45, 2.75) is 52.6 Å². The molecule has 0 aliphatic carbocycles. The molecular formula is C15H22O2. The molecule has 1 N–H and O–H groups in total. The SMILES string of the molecule is CCCc1cc(CC)ccc1C(=O)C(C)(C)O. The standard InChI is InChI=1S/C15H22O2/c1-5-7-12-10-11(6-2)8-9-13(12)14(16)15(3,4)17/h8-10,17H,5-7H2,1-4H3. The molecule has 2 heteroatoms. The third kappa shape index (κ3) is 3.40. The molecule has 0 bridgehead atoms. The lowest BCUT2D eigenvalue weighted by Gasteiger charge is -2.18. The lowest BCUT2D eigenvalue weighted by atomic mass is 9.90. The molecule has 1 aromatic carbocycles. The molecule has 0 atom stereocenters. The second-order valence-corrected chi connectivity index (χ2v) is 4.98. The Kier molecular flexibility index (Phi) is 4.47. The molecule has 94 valence electrons. The topological polar surface area (TPSA) is 37.3 Å². The minimum absolute atomic E-state index is 0.191. The molecule has 0 radical (unpaired) electrons. The zero-order valence-electron chi connectivity index (χ0n) is 11.2. The molecule has 1 aromatic rings. The fraction of sp³-hybridized carbons (Fsp3) is 0.533. The molecule has 0 aliphatic rings. The molecule has 0 aliphatic heterocycles. The number of hydrogen-bond donors (Lipinski definition) is 1. The summed E-state index contributed by atoms with van der Waals surface area (Å²) in [6, 6.07) is 5.91. The van der Waals surface area contributed by atoms with Crippen molar-refractivity contribution in [3.05, 3.63) is 34.9 Å². The van der Waals surface area contributed by atoms with E-state index in [-0.39, 0.29) is 5.78 Å². The van der Waals surface area contributed by atoms with E-state index in [1.54, 1.807) is 13.8 Å². The minimum Gasteiger partial charge on any atom is -0.382 e. The largest absolute Gasteiger partial charge is 0.382 e. The zero-order chi connectivity index (χ0) is 13.1. The van der Waals surface area contributed by atoms with E-state index in [1.807, 2.05) is 12.1 Å². The number of aryl methyl sites for hydroxylation is 2. The summed E-state index contributed by atoms with van der Waals surface area (Å²) in [6.45, 7) is 7.27. The first-order valence-corrected chi connectivity index (χ1v) is 6.29. The molecule has 17 heavy (non-hydrogen) atoms. The summed E-state index contributed by atoms with van der Waals surface area (Å²) in [7, 11) is 0. The van der Waals surface area contributed by atoms with E-state index in [2.05, 4.69) is 19.9 Å². The van der Waals surface area contributed by atoms with Crippen molar-refractivity contribution in [3.8, 4) is 0 Å². The number of aliphatic hydroxyl groups is 1. The van der Waals surface area contributed by atoms with Crippen molar-refractivity contribution in [1.29, 1.82) is 0 Å². The van der Waals surface area contributed by atoms with Gasteiger partial charge in [-0.2, -0.15) is 0 Å². The molecule has 0 spiro atoms. The molecule has 0 fully saturated rings. The molecule has 1 rings (SSSR count). The summed E-state index contributed by atoms with van der Waals surface area (Å²) < 4.78 is 0. The van der Waals surface area contributed by atoms with Crippen molar-refractivity contribution < 1.29 is 9.90 Å². The highest BCUT2D eigenvalue weighted by Gasteiger charge is 2.26. The summed E-state index contributed by atoms with van der Waals surface area (Å²) in [6.07, 6.45) is 2.85. The van der Waals surface area contributed by atoms with E-state index in [4.69, 9.17) is 0 Å². The Morgan fingerprint density at radius 2 is 1.94 bits per heavy atom. The Bertz CT molecular complexity index is 400. The van der Waals surface area contributed by atoms with Crippen LogP contribution in [0.4, 0.5) is 0 Å². The highest BCUT2D eigenvalue weighted by Crippen LogP contribution is 2.20. The Labute approximate surface area is 104 Å². The summed E-state index contributed by atoms with van der Waals surface area (Å²) in [5.74, 6) is -0.191. The van der Waals surface area contributed by atoms with Crippen molar-refractivity contribution >= 4 is 5.78 Å². The maximum Gasteiger partial charge on any atom is 0.194 e. The normalized spacial score (nSPS) is 11.6. The van der Waals surface area contributed by atoms with Crippen LogP contribution >= 0.6 is 0 Å². The van der Waals surface area contributed by atoms with Gasteiger partial charge in [-0.3, -0.25) is 4.79 Å². The van der Waals surface area contributed by atoms with Crippen LogP contribution in [0.1, 0.15) is 55.6 Å². The molecular weight excluding hydrogens is 212 g/mol. The van der Waals surface area contributed by atoms with E-state index in [9.17, 15) is 9.90 Å². The zero-order valence-corrected chi connectivity index (χ0v) is 11.2. The number of carbonyl (C=O) groups is 1. The van der Waals surface area contributed by atoms with Crippen molar-refractivity contribution in [3.63, 3.8) is 0 Å². The van der Waals surface area contributed by atoms with E-state index in [1.165, 1.54) is 5.56 Å². The molecule has 2 nitrogen and oxygen atoms in total. The number of benzene rings is 1. The van der Waals surface area contributed by atoms with Gasteiger partial charge in [0.05, 0.1) is 0 Å². The maximum absolute atomic E-state index is 12.1. The second-order valence-electron chi connectivity index (χ2n) is 4.98. The Morgan fingerprint density at radius 1 is 1.29 bits per heavy atom. The molecule has 0 aromatic heterocycles. The third-order valence-electron chi connectivity index (χ3n) is 2.90. The lowest BCUT2D eigenvalue weighted by molar-refractivity contribution is 0.0487. The summed E-state index contributed by atoms with van der Waals surface area (Å²) in [4.78, 5) is 12.1. The van der Waals surface area contributed by atoms with Gasteiger partial charge in [-0.05, 0) is 37.8 Å². The molecule has 0 saturated carbocycles. The highest BCUT2D eigenvalue weighted by atomic mass is 16.3. The van der Waals surface area contributed by atoms with Gasteiger partial charge in [-0.15, -0.1) is 0 Å². The number of rotatable bonds is 5. The maximum atomic E-state index is 12.1. The quantitative estimate of drug-likeness (QED) is 0.795. The Hall–Kier alpha value is -1.15. The van der Waals surface area contributed by atoms with Crippen molar-refractivity contribution in [2.75, 3.05) is 0 Å². The fourth-order valence-electron chi connectivity index (χ4n) is 1.89. The van der Waals surface area contributed by atoms with Crippen LogP contribution in [0.2, 0.25) is 0 Å². The molecule has 0 heterocycles. The van der Waals surface area contributed by atoms with E-state index >= 15 is 0 Å². The fourth-order valence-corrected chi connectivity index (χ4v) is 1.89. The molecule has 0 amide bonds. The lowest BCUT2D eigenvalue weighted by Crippen LogP contribution is -2.31. The van der Waals surface area contributed by atoms with Gasteiger partial charge >= 0.3 is 0 Å². The van der Waals surface area contributed by atoms with Crippen molar-refractivity contribution in [1.82, 2.24) is 0 Å². The third-order valence-corrected chi connectivity index (χ3v) is 2.90. The van der Waals surface area contributed by atoms with Gasteiger partial charge in [0.1, 0.15) is 5.60 Å². The van der Waals surface area contributed by atoms with Crippen LogP contribution in [0.15, 0.2) is 18.2 Å². The Balaban J connectivity index is 3.18. The minimum atomic E-state index is -1.30. The summed E-state index contributed by atoms with van der Waals surface area (Å²) in [5, 5.41) is 9.81. The average molecular weight is 234 g/mol. The smallest absolute Gasteiger partial charge is 0.194 e. The van der Waals surface area contributed by atoms with Crippen LogP contribution in [0.25, 0.3) is 0 Å². The first-order chi connectivity index (χ1) is 7.90. The van der Waals surface area contributed by atoms with Gasteiger partial charge in [0.15, 0.2) is 5.78 Å². The highest BCUT2D eigenvalue weighted by molar-refractivity contribution is 6.03. The molecule has 0 unspecified atom stereocenters. The van der Waals surface area contributed by atoms with Crippen LogP contribution in [-0.4, -0.2) is 16.5 Å². The average Bonchev–Trinajstić information content (AvgIpc) is 2.27. The van der Waals surface area contributed by atoms with Gasteiger partial charge in [0, 0.05) is 5.56 Å². The van der Waals surface area contributed by atoms with Crippen LogP contribution in [0.3, 0.4) is 0 Å². The van der Waals surface area contributed by atoms with Crippen LogP contribution < -0.4 is 0 Å². The van der Waals surface area contributed by atoms with E-state index in [0.29, 0.717) is 5.56 Å². The number of Topliss-reactive ketones (excluding diaryl/α,β-unsaturated/α-hetero) is 1. The Morgan fingerprint density at radius 3 is 2.41 bits per heavy atom. The van der Waals surface area contributed by atoms with Gasteiger partial charge in [0.2, 0.25) is 0 Å². The van der Waals surface area contributed by atoms with Gasteiger partial charge < -0.3 is 5.11 Å². The van der Waals surface area contributed by atoms with Gasteiger partial charge in [0.25, 0.3) is 0 Å². The van der Waals surface area contributed by atoms with E-state index in [0.717, 1.165) is 24.8 Å². The van der Waals surface area contributed by atoms with Crippen LogP contribution in [-0.2, 0) is 12.8 Å². The first-order valence-electron chi connectivity index (χ1n) is 6.29. The van der Waals surface area contributed by atoms with Gasteiger partial charge in [-0.25, -0.2) is 0 Å². The monoisotopic (exact) mass is 234 g/mol. The predicted molar refractivity (Wildman–Crippen MR) is 70.4 cm³/mol. The first kappa shape index (κ1) is 13.9. The molecule has 0 saturated heterocycles. The van der Waals surface area contributed by atoms with Crippen LogP contribution in [0.5, 0.6) is 0 Å². The number of carbonyl (C=O) groups excluding carboxylic acids is 1. The van der Waals surface area contributed by atoms with E-state index < -0.39 is 5.60 Å². The van der Waals surface area contributed by atoms with Crippen molar-refractivity contribution in [2.24, 2.45) is 0 Å². The number of ketones is 1. The number of hydrogen-bond acceptors (Lipinski definition) is 2. The second kappa shape index (κ2) is 5.46. The van der Waals surface area contributed by atoms with Gasteiger partial charge in [-0.1, -0.05) is 38.5 Å². The van der Waals surface area contributed by atoms with Crippen LogP contribution in [0, 0.1) is 0 Å². The predicted octanol–water partition coefficient (Wildman–Crippen LogP) is 3.16. The summed E-state index contributed by atoms with van der Waals surface area (Å²) >= 11 is 0.